The van der Waals surface area contributed by atoms with Crippen molar-refractivity contribution in [2.75, 3.05) is 12.3 Å². The number of aliphatic hydroxyl groups is 2. The van der Waals surface area contributed by atoms with Crippen molar-refractivity contribution in [3.8, 4) is 17.1 Å². The number of aliphatic hydroxyl groups excluding tert-OH is 1. The van der Waals surface area contributed by atoms with Crippen molar-refractivity contribution >= 4 is 5.82 Å². The number of nitrogen functional groups attached to an aromatic ring is 1. The van der Waals surface area contributed by atoms with E-state index in [1.165, 1.54) is 29.6 Å². The lowest BCUT2D eigenvalue weighted by atomic mass is 9.90. The van der Waals surface area contributed by atoms with E-state index in [0.29, 0.717) is 5.56 Å². The third-order valence-electron chi connectivity index (χ3n) is 4.11. The molecule has 0 saturated heterocycles. The summed E-state index contributed by atoms with van der Waals surface area (Å²) in [5.74, 6) is 0.211. The van der Waals surface area contributed by atoms with Gasteiger partial charge in [0.2, 0.25) is 5.60 Å². The summed E-state index contributed by atoms with van der Waals surface area (Å²) in [5, 5.41) is 23.1. The van der Waals surface area contributed by atoms with Crippen LogP contribution in [0.2, 0.25) is 0 Å². The number of benzene rings is 1. The van der Waals surface area contributed by atoms with Crippen molar-refractivity contribution < 1.29 is 23.4 Å². The van der Waals surface area contributed by atoms with Crippen LogP contribution in [0.4, 0.5) is 19.0 Å². The molecule has 0 bridgehead atoms. The minimum atomic E-state index is -5.06. The van der Waals surface area contributed by atoms with Gasteiger partial charge in [-0.15, -0.1) is 0 Å². The molecule has 3 aromatic rings. The molecule has 0 saturated carbocycles. The summed E-state index contributed by atoms with van der Waals surface area (Å²) in [6.07, 6.45) is -1.15. The van der Waals surface area contributed by atoms with Gasteiger partial charge in [0.25, 0.3) is 0 Å². The van der Waals surface area contributed by atoms with Crippen molar-refractivity contribution in [3.63, 3.8) is 0 Å². The van der Waals surface area contributed by atoms with E-state index in [4.69, 9.17) is 5.73 Å². The topological polar surface area (TPSA) is 123 Å². The minimum absolute atomic E-state index is 0.0558. The number of rotatable bonds is 4. The lowest BCUT2D eigenvalue weighted by Gasteiger charge is -2.29. The molecule has 142 valence electrons. The van der Waals surface area contributed by atoms with E-state index in [9.17, 15) is 23.4 Å². The molecule has 2 heterocycles. The molecule has 0 aliphatic rings. The molecule has 0 amide bonds. The third kappa shape index (κ3) is 3.22. The Bertz CT molecular complexity index is 961. The van der Waals surface area contributed by atoms with E-state index in [-0.39, 0.29) is 22.9 Å². The molecule has 1 atom stereocenters. The number of halogens is 3. The number of nitrogens with two attached hydrogens (primary N) is 1. The summed E-state index contributed by atoms with van der Waals surface area (Å²) in [7, 11) is 0. The Labute approximate surface area is 151 Å². The highest BCUT2D eigenvalue weighted by Gasteiger charge is 2.54. The number of anilines is 1. The SMILES string of the molecule is Cc1ccc(C(O)(CO)C(F)(F)F)cc1-c1cnc(N)c(-n2cncn2)n1. The second kappa shape index (κ2) is 6.59. The first-order chi connectivity index (χ1) is 12.7. The zero-order chi connectivity index (χ0) is 19.8. The highest BCUT2D eigenvalue weighted by atomic mass is 19.4. The monoisotopic (exact) mass is 380 g/mol. The molecular weight excluding hydrogens is 365 g/mol. The average Bonchev–Trinajstić information content (AvgIpc) is 3.15. The molecule has 3 rings (SSSR count). The predicted molar refractivity (Wildman–Crippen MR) is 88.6 cm³/mol. The van der Waals surface area contributed by atoms with Gasteiger partial charge in [0.1, 0.15) is 12.7 Å². The first-order valence-electron chi connectivity index (χ1n) is 7.66. The molecule has 4 N–H and O–H groups in total. The summed E-state index contributed by atoms with van der Waals surface area (Å²) in [4.78, 5) is 12.1. The molecule has 0 spiro atoms. The molecule has 11 heteroatoms. The summed E-state index contributed by atoms with van der Waals surface area (Å²) in [5.41, 5.74) is 2.97. The largest absolute Gasteiger partial charge is 0.423 e. The predicted octanol–water partition coefficient (Wildman–Crippen LogP) is 1.36. The first-order valence-corrected chi connectivity index (χ1v) is 7.66. The van der Waals surface area contributed by atoms with Crippen molar-refractivity contribution in [3.05, 3.63) is 48.2 Å². The number of alkyl halides is 3. The maximum atomic E-state index is 13.3. The van der Waals surface area contributed by atoms with E-state index < -0.39 is 23.9 Å². The number of nitrogens with zero attached hydrogens (tertiary/aromatic N) is 5. The Morgan fingerprint density at radius 2 is 2.00 bits per heavy atom. The van der Waals surface area contributed by atoms with Gasteiger partial charge >= 0.3 is 6.18 Å². The van der Waals surface area contributed by atoms with Crippen LogP contribution < -0.4 is 5.73 Å². The lowest BCUT2D eigenvalue weighted by Crippen LogP contribution is -2.45. The van der Waals surface area contributed by atoms with Crippen LogP contribution in [0.25, 0.3) is 17.1 Å². The fourth-order valence-electron chi connectivity index (χ4n) is 2.50. The molecule has 1 aromatic carbocycles. The van der Waals surface area contributed by atoms with E-state index >= 15 is 0 Å². The standard InChI is InChI=1S/C16H15F3N6O2/c1-9-2-3-10(15(27,6-26)16(17,18)19)4-11(9)12-5-22-13(20)14(24-12)25-8-21-7-23-25/h2-5,7-8,26-27H,6H2,1H3,(H2,20,22). The molecule has 27 heavy (non-hydrogen) atoms. The van der Waals surface area contributed by atoms with Gasteiger partial charge in [0, 0.05) is 5.56 Å². The van der Waals surface area contributed by atoms with Gasteiger partial charge in [0.05, 0.1) is 18.5 Å². The van der Waals surface area contributed by atoms with Gasteiger partial charge in [-0.1, -0.05) is 12.1 Å². The normalized spacial score (nSPS) is 14.1. The molecule has 0 radical (unpaired) electrons. The highest BCUT2D eigenvalue weighted by molar-refractivity contribution is 5.66. The smallest absolute Gasteiger partial charge is 0.393 e. The second-order valence-corrected chi connectivity index (χ2v) is 5.85. The fraction of sp³-hybridized carbons (Fsp3) is 0.250. The van der Waals surface area contributed by atoms with Crippen LogP contribution in [-0.4, -0.2) is 47.7 Å². The molecule has 0 fully saturated rings. The maximum Gasteiger partial charge on any atom is 0.423 e. The van der Waals surface area contributed by atoms with Gasteiger partial charge < -0.3 is 15.9 Å². The van der Waals surface area contributed by atoms with Gasteiger partial charge in [0.15, 0.2) is 11.6 Å². The van der Waals surface area contributed by atoms with Crippen LogP contribution in [0.3, 0.4) is 0 Å². The summed E-state index contributed by atoms with van der Waals surface area (Å²) < 4.78 is 41.0. The molecule has 0 aliphatic carbocycles. The van der Waals surface area contributed by atoms with Crippen LogP contribution >= 0.6 is 0 Å². The Morgan fingerprint density at radius 3 is 2.59 bits per heavy atom. The average molecular weight is 380 g/mol. The Hall–Kier alpha value is -3.05. The van der Waals surface area contributed by atoms with Gasteiger partial charge in [-0.25, -0.2) is 15.0 Å². The quantitative estimate of drug-likeness (QED) is 0.624. The van der Waals surface area contributed by atoms with Gasteiger partial charge in [-0.2, -0.15) is 23.0 Å². The van der Waals surface area contributed by atoms with Crippen LogP contribution in [0.1, 0.15) is 11.1 Å². The maximum absolute atomic E-state index is 13.3. The van der Waals surface area contributed by atoms with Crippen LogP contribution in [0.5, 0.6) is 0 Å². The Kier molecular flexibility index (Phi) is 4.57. The highest BCUT2D eigenvalue weighted by Crippen LogP contribution is 2.40. The summed E-state index contributed by atoms with van der Waals surface area (Å²) in [6, 6.07) is 3.61. The number of aryl methyl sites for hydroxylation is 1. The number of aromatic nitrogens is 5. The zero-order valence-electron chi connectivity index (χ0n) is 14.0. The Morgan fingerprint density at radius 1 is 1.26 bits per heavy atom. The van der Waals surface area contributed by atoms with E-state index in [2.05, 4.69) is 20.1 Å². The van der Waals surface area contributed by atoms with Gasteiger partial charge in [-0.05, 0) is 24.1 Å². The van der Waals surface area contributed by atoms with Crippen molar-refractivity contribution in [1.29, 1.82) is 0 Å². The summed E-state index contributed by atoms with van der Waals surface area (Å²) >= 11 is 0. The molecule has 1 unspecified atom stereocenters. The van der Waals surface area contributed by atoms with Crippen LogP contribution in [0, 0.1) is 6.92 Å². The van der Waals surface area contributed by atoms with Crippen molar-refractivity contribution in [2.24, 2.45) is 0 Å². The minimum Gasteiger partial charge on any atom is -0.393 e. The van der Waals surface area contributed by atoms with Crippen LogP contribution in [0.15, 0.2) is 37.1 Å². The van der Waals surface area contributed by atoms with E-state index in [0.717, 1.165) is 12.1 Å². The van der Waals surface area contributed by atoms with E-state index in [1.54, 1.807) is 6.92 Å². The van der Waals surface area contributed by atoms with E-state index in [1.807, 2.05) is 0 Å². The molecule has 2 aromatic heterocycles. The van der Waals surface area contributed by atoms with Crippen molar-refractivity contribution in [2.45, 2.75) is 18.7 Å². The number of hydrogen-bond donors (Lipinski definition) is 3. The second-order valence-electron chi connectivity index (χ2n) is 5.85. The number of hydrogen-bond acceptors (Lipinski definition) is 7. The van der Waals surface area contributed by atoms with Crippen molar-refractivity contribution in [1.82, 2.24) is 24.7 Å². The molecule has 8 nitrogen and oxygen atoms in total. The van der Waals surface area contributed by atoms with Crippen LogP contribution in [-0.2, 0) is 5.60 Å². The third-order valence-corrected chi connectivity index (χ3v) is 4.11. The molecular formula is C16H15F3N6O2. The van der Waals surface area contributed by atoms with Gasteiger partial charge in [-0.3, -0.25) is 0 Å². The summed E-state index contributed by atoms with van der Waals surface area (Å²) in [6.45, 7) is 0.147. The fourth-order valence-corrected chi connectivity index (χ4v) is 2.50. The Balaban J connectivity index is 2.15. The molecule has 0 aliphatic heterocycles. The zero-order valence-corrected chi connectivity index (χ0v) is 14.0. The first kappa shape index (κ1) is 18.7. The lowest BCUT2D eigenvalue weighted by molar-refractivity contribution is -0.277.